The van der Waals surface area contributed by atoms with Crippen LogP contribution in [0.2, 0.25) is 5.02 Å². The number of hydrogen-bond acceptors (Lipinski definition) is 5. The van der Waals surface area contributed by atoms with Crippen LogP contribution in [0.4, 0.5) is 19.0 Å². The van der Waals surface area contributed by atoms with E-state index in [0.717, 1.165) is 17.7 Å². The number of pyridine rings is 1. The zero-order valence-electron chi connectivity index (χ0n) is 16.1. The highest BCUT2D eigenvalue weighted by atomic mass is 35.5. The van der Waals surface area contributed by atoms with Gasteiger partial charge < -0.3 is 10.6 Å². The number of amides is 1. The smallest absolute Gasteiger partial charge is 0.399 e. The van der Waals surface area contributed by atoms with Crippen LogP contribution in [0.1, 0.15) is 28.4 Å². The highest BCUT2D eigenvalue weighted by Crippen LogP contribution is 2.37. The van der Waals surface area contributed by atoms with Crippen molar-refractivity contribution in [2.75, 3.05) is 5.01 Å². The first-order valence-corrected chi connectivity index (χ1v) is 9.24. The summed E-state index contributed by atoms with van der Waals surface area (Å²) < 4.78 is 39.4. The van der Waals surface area contributed by atoms with Crippen LogP contribution in [0.5, 0.6) is 0 Å². The lowest BCUT2D eigenvalue weighted by Crippen LogP contribution is -2.44. The second-order valence-corrected chi connectivity index (χ2v) is 7.15. The quantitative estimate of drug-likeness (QED) is 0.560. The first kappa shape index (κ1) is 21.7. The number of halogens is 4. The Hall–Kier alpha value is -3.04. The van der Waals surface area contributed by atoms with Gasteiger partial charge >= 0.3 is 6.18 Å². The molecule has 2 heterocycles. The van der Waals surface area contributed by atoms with Gasteiger partial charge in [-0.05, 0) is 43.7 Å². The summed E-state index contributed by atoms with van der Waals surface area (Å²) in [6.45, 7) is 3.52. The van der Waals surface area contributed by atoms with Crippen molar-refractivity contribution in [3.05, 3.63) is 81.9 Å². The number of aryl methyl sites for hydroxylation is 1. The van der Waals surface area contributed by atoms with Gasteiger partial charge in [-0.2, -0.15) is 13.2 Å². The zero-order valence-corrected chi connectivity index (χ0v) is 16.9. The first-order chi connectivity index (χ1) is 14.0. The van der Waals surface area contributed by atoms with E-state index in [1.165, 1.54) is 28.3 Å². The lowest BCUT2D eigenvalue weighted by atomic mass is 10.0. The van der Waals surface area contributed by atoms with E-state index >= 15 is 0 Å². The standard InChI is InChI=1S/C20H19ClF3N5O/c1-11-6-7-16(27-10-11)29(26)15-8-9-28(12(2)18(15)25)19(30)13-4-3-5-14(17(13)21)20(22,23)24/h3-10,12H,25-26H2,1-2H3. The Kier molecular flexibility index (Phi) is 5.78. The lowest BCUT2D eigenvalue weighted by Gasteiger charge is -2.33. The molecule has 0 fully saturated rings. The number of aromatic nitrogens is 1. The number of nitrogens with zero attached hydrogens (tertiary/aromatic N) is 3. The van der Waals surface area contributed by atoms with Gasteiger partial charge in [0.25, 0.3) is 5.91 Å². The van der Waals surface area contributed by atoms with Gasteiger partial charge in [-0.25, -0.2) is 10.8 Å². The molecule has 6 nitrogen and oxygen atoms in total. The van der Waals surface area contributed by atoms with E-state index < -0.39 is 28.7 Å². The van der Waals surface area contributed by atoms with Gasteiger partial charge in [0.2, 0.25) is 0 Å². The number of hydrogen-bond donors (Lipinski definition) is 2. The van der Waals surface area contributed by atoms with Crippen LogP contribution in [0.25, 0.3) is 0 Å². The molecule has 158 valence electrons. The summed E-state index contributed by atoms with van der Waals surface area (Å²) in [4.78, 5) is 18.4. The Labute approximate surface area is 176 Å². The third kappa shape index (κ3) is 3.99. The van der Waals surface area contributed by atoms with Crippen molar-refractivity contribution >= 4 is 23.3 Å². The van der Waals surface area contributed by atoms with E-state index in [4.69, 9.17) is 23.2 Å². The third-order valence-electron chi connectivity index (χ3n) is 4.73. The highest BCUT2D eigenvalue weighted by molar-refractivity contribution is 6.34. The minimum Gasteiger partial charge on any atom is -0.399 e. The molecule has 1 aromatic carbocycles. The van der Waals surface area contributed by atoms with E-state index in [2.05, 4.69) is 4.98 Å². The molecule has 30 heavy (non-hydrogen) atoms. The summed E-state index contributed by atoms with van der Waals surface area (Å²) in [5.41, 5.74) is 6.47. The molecule has 10 heteroatoms. The molecule has 0 radical (unpaired) electrons. The third-order valence-corrected chi connectivity index (χ3v) is 5.13. The van der Waals surface area contributed by atoms with Crippen LogP contribution >= 0.6 is 11.6 Å². The minimum atomic E-state index is -4.68. The molecule has 1 aliphatic rings. The largest absolute Gasteiger partial charge is 0.417 e. The summed E-state index contributed by atoms with van der Waals surface area (Å²) in [6.07, 6.45) is -0.128. The van der Waals surface area contributed by atoms with Crippen molar-refractivity contribution in [2.45, 2.75) is 26.1 Å². The number of alkyl halides is 3. The molecule has 1 atom stereocenters. The topological polar surface area (TPSA) is 88.5 Å². The number of carbonyl (C=O) groups excluding carboxylic acids is 1. The maximum atomic E-state index is 13.1. The summed E-state index contributed by atoms with van der Waals surface area (Å²) >= 11 is 5.89. The Bertz CT molecular complexity index is 1030. The molecule has 0 spiro atoms. The van der Waals surface area contributed by atoms with Crippen LogP contribution < -0.4 is 16.6 Å². The van der Waals surface area contributed by atoms with Crippen LogP contribution in [-0.2, 0) is 6.18 Å². The van der Waals surface area contributed by atoms with Gasteiger partial charge in [-0.3, -0.25) is 9.80 Å². The fourth-order valence-corrected chi connectivity index (χ4v) is 3.30. The average molecular weight is 438 g/mol. The van der Waals surface area contributed by atoms with Crippen molar-refractivity contribution in [3.63, 3.8) is 0 Å². The average Bonchev–Trinajstić information content (AvgIpc) is 2.69. The van der Waals surface area contributed by atoms with E-state index in [1.54, 1.807) is 19.2 Å². The monoisotopic (exact) mass is 437 g/mol. The number of carbonyl (C=O) groups is 1. The van der Waals surface area contributed by atoms with Gasteiger partial charge in [-0.15, -0.1) is 0 Å². The van der Waals surface area contributed by atoms with Gasteiger partial charge in [0.05, 0.1) is 33.6 Å². The molecular weight excluding hydrogens is 419 g/mol. The molecule has 1 aromatic heterocycles. The van der Waals surface area contributed by atoms with E-state index in [1.807, 2.05) is 13.0 Å². The number of hydrazine groups is 1. The number of rotatable bonds is 3. The second kappa shape index (κ2) is 8.00. The van der Waals surface area contributed by atoms with E-state index in [0.29, 0.717) is 11.5 Å². The van der Waals surface area contributed by atoms with Gasteiger partial charge in [0.1, 0.15) is 5.82 Å². The number of anilines is 1. The Morgan fingerprint density at radius 1 is 1.27 bits per heavy atom. The molecule has 0 aliphatic carbocycles. The van der Waals surface area contributed by atoms with Crippen LogP contribution in [0.15, 0.2) is 60.2 Å². The maximum absolute atomic E-state index is 13.1. The molecular formula is C20H19ClF3N5O. The van der Waals surface area contributed by atoms with Crippen molar-refractivity contribution in [2.24, 2.45) is 11.6 Å². The molecule has 1 unspecified atom stereocenters. The molecule has 3 rings (SSSR count). The van der Waals surface area contributed by atoms with E-state index in [-0.39, 0.29) is 11.3 Å². The summed E-state index contributed by atoms with van der Waals surface area (Å²) in [5.74, 6) is 5.86. The Morgan fingerprint density at radius 2 is 1.97 bits per heavy atom. The Morgan fingerprint density at radius 3 is 2.57 bits per heavy atom. The van der Waals surface area contributed by atoms with Crippen molar-refractivity contribution in [1.29, 1.82) is 0 Å². The predicted octanol–water partition coefficient (Wildman–Crippen LogP) is 3.97. The van der Waals surface area contributed by atoms with Gasteiger partial charge in [0, 0.05) is 12.4 Å². The number of allylic oxidation sites excluding steroid dienone is 1. The van der Waals surface area contributed by atoms with Crippen LogP contribution in [0.3, 0.4) is 0 Å². The fourth-order valence-electron chi connectivity index (χ4n) is 2.98. The molecule has 0 saturated carbocycles. The van der Waals surface area contributed by atoms with E-state index in [9.17, 15) is 18.0 Å². The molecule has 0 bridgehead atoms. The summed E-state index contributed by atoms with van der Waals surface area (Å²) in [5, 5.41) is 0.620. The van der Waals surface area contributed by atoms with Crippen LogP contribution in [0, 0.1) is 6.92 Å². The minimum absolute atomic E-state index is 0.249. The summed E-state index contributed by atoms with van der Waals surface area (Å²) in [6, 6.07) is 6.06. The van der Waals surface area contributed by atoms with Gasteiger partial charge in [0.15, 0.2) is 0 Å². The lowest BCUT2D eigenvalue weighted by molar-refractivity contribution is -0.137. The molecule has 1 amide bonds. The van der Waals surface area contributed by atoms with Crippen molar-refractivity contribution in [1.82, 2.24) is 9.88 Å². The maximum Gasteiger partial charge on any atom is 0.417 e. The fraction of sp³-hybridized carbons (Fsp3) is 0.200. The second-order valence-electron chi connectivity index (χ2n) is 6.77. The zero-order chi connectivity index (χ0) is 22.2. The van der Waals surface area contributed by atoms with Crippen molar-refractivity contribution < 1.29 is 18.0 Å². The molecule has 1 aliphatic heterocycles. The molecule has 2 aromatic rings. The Balaban J connectivity index is 1.90. The molecule has 0 saturated heterocycles. The van der Waals surface area contributed by atoms with Crippen molar-refractivity contribution in [3.8, 4) is 0 Å². The first-order valence-electron chi connectivity index (χ1n) is 8.86. The number of nitrogens with two attached hydrogens (primary N) is 2. The van der Waals surface area contributed by atoms with Gasteiger partial charge in [-0.1, -0.05) is 23.7 Å². The normalized spacial score (nSPS) is 16.8. The summed E-state index contributed by atoms with van der Waals surface area (Å²) in [7, 11) is 0. The van der Waals surface area contributed by atoms with Crippen LogP contribution in [-0.4, -0.2) is 21.8 Å². The SMILES string of the molecule is Cc1ccc(N(N)C2=C(N)C(C)N(C(=O)c3cccc(C(F)(F)F)c3Cl)C=C2)nc1. The number of benzene rings is 1. The predicted molar refractivity (Wildman–Crippen MR) is 108 cm³/mol. The highest BCUT2D eigenvalue weighted by Gasteiger charge is 2.36. The molecule has 4 N–H and O–H groups in total.